The van der Waals surface area contributed by atoms with Gasteiger partial charge in [0.15, 0.2) is 0 Å². The van der Waals surface area contributed by atoms with Crippen molar-refractivity contribution in [3.63, 3.8) is 0 Å². The lowest BCUT2D eigenvalue weighted by Gasteiger charge is -2.20. The number of benzene rings is 2. The molecule has 7 nitrogen and oxygen atoms in total. The van der Waals surface area contributed by atoms with Gasteiger partial charge in [-0.15, -0.1) is 0 Å². The molecular weight excluding hydrogens is 401 g/mol. The molecule has 164 valence electrons. The van der Waals surface area contributed by atoms with E-state index < -0.39 is 5.92 Å². The Balaban J connectivity index is 1.44. The minimum absolute atomic E-state index is 0.0665. The van der Waals surface area contributed by atoms with E-state index in [9.17, 15) is 18.8 Å². The van der Waals surface area contributed by atoms with Crippen molar-refractivity contribution in [2.75, 3.05) is 31.1 Å². The van der Waals surface area contributed by atoms with Crippen molar-refractivity contribution in [3.05, 3.63) is 59.9 Å². The smallest absolute Gasteiger partial charge is 0.227 e. The number of anilines is 1. The Kier molecular flexibility index (Phi) is 7.59. The minimum Gasteiger partial charge on any atom is -0.492 e. The lowest BCUT2D eigenvalue weighted by Crippen LogP contribution is -2.38. The summed E-state index contributed by atoms with van der Waals surface area (Å²) < 4.78 is 18.8. The van der Waals surface area contributed by atoms with Gasteiger partial charge < -0.3 is 20.3 Å². The summed E-state index contributed by atoms with van der Waals surface area (Å²) in [7, 11) is 0. The fraction of sp³-hybridized carbons (Fsp3) is 0.348. The van der Waals surface area contributed by atoms with E-state index in [2.05, 4.69) is 10.6 Å². The van der Waals surface area contributed by atoms with Crippen molar-refractivity contribution in [2.24, 2.45) is 5.92 Å². The summed E-state index contributed by atoms with van der Waals surface area (Å²) in [5.74, 6) is -0.860. The van der Waals surface area contributed by atoms with Crippen molar-refractivity contribution in [3.8, 4) is 5.75 Å². The first-order valence-corrected chi connectivity index (χ1v) is 10.3. The molecule has 0 radical (unpaired) electrons. The molecule has 2 aromatic rings. The van der Waals surface area contributed by atoms with Crippen molar-refractivity contribution in [2.45, 2.75) is 19.8 Å². The van der Waals surface area contributed by atoms with Gasteiger partial charge in [0.25, 0.3) is 0 Å². The average Bonchev–Trinajstić information content (AvgIpc) is 3.13. The number of carbonyl (C=O) groups is 3. The summed E-state index contributed by atoms with van der Waals surface area (Å²) >= 11 is 0. The fourth-order valence-corrected chi connectivity index (χ4v) is 3.50. The molecule has 2 N–H and O–H groups in total. The van der Waals surface area contributed by atoms with E-state index in [0.29, 0.717) is 23.6 Å². The number of nitrogens with zero attached hydrogens (tertiary/aromatic N) is 1. The fourth-order valence-electron chi connectivity index (χ4n) is 3.50. The molecule has 0 aliphatic carbocycles. The summed E-state index contributed by atoms with van der Waals surface area (Å²) in [6.45, 7) is 3.12. The molecule has 0 aromatic heterocycles. The molecule has 1 saturated heterocycles. The third-order valence-corrected chi connectivity index (χ3v) is 4.95. The van der Waals surface area contributed by atoms with Crippen LogP contribution in [0.1, 0.15) is 18.9 Å². The van der Waals surface area contributed by atoms with Gasteiger partial charge in [-0.1, -0.05) is 24.3 Å². The Labute approximate surface area is 180 Å². The second-order valence-corrected chi connectivity index (χ2v) is 7.25. The molecule has 8 heteroatoms. The molecule has 1 heterocycles. The van der Waals surface area contributed by atoms with Crippen LogP contribution in [0.5, 0.6) is 5.75 Å². The van der Waals surface area contributed by atoms with Gasteiger partial charge in [-0.3, -0.25) is 14.4 Å². The van der Waals surface area contributed by atoms with Gasteiger partial charge in [-0.25, -0.2) is 4.39 Å². The Morgan fingerprint density at radius 3 is 2.68 bits per heavy atom. The first kappa shape index (κ1) is 22.3. The molecule has 3 rings (SSSR count). The van der Waals surface area contributed by atoms with Gasteiger partial charge in [0.2, 0.25) is 17.7 Å². The molecule has 1 atom stereocenters. The zero-order chi connectivity index (χ0) is 22.2. The molecular formula is C23H26FN3O4. The van der Waals surface area contributed by atoms with E-state index >= 15 is 0 Å². The number of rotatable bonds is 9. The van der Waals surface area contributed by atoms with Gasteiger partial charge in [-0.2, -0.15) is 0 Å². The zero-order valence-corrected chi connectivity index (χ0v) is 17.4. The molecule has 1 aliphatic rings. The van der Waals surface area contributed by atoms with Gasteiger partial charge in [-0.05, 0) is 36.8 Å². The summed E-state index contributed by atoms with van der Waals surface area (Å²) in [5, 5.41) is 5.45. The highest BCUT2D eigenvalue weighted by Crippen LogP contribution is 2.33. The van der Waals surface area contributed by atoms with Crippen LogP contribution >= 0.6 is 0 Å². The van der Waals surface area contributed by atoms with Crippen LogP contribution in [0.25, 0.3) is 0 Å². The number of carbonyl (C=O) groups excluding carboxylic acids is 3. The molecule has 3 amide bonds. The van der Waals surface area contributed by atoms with Crippen LogP contribution in [0.4, 0.5) is 10.1 Å². The number of amides is 3. The molecule has 2 aromatic carbocycles. The van der Waals surface area contributed by atoms with Crippen molar-refractivity contribution in [1.29, 1.82) is 0 Å². The van der Waals surface area contributed by atoms with Crippen molar-refractivity contribution >= 4 is 23.4 Å². The predicted molar refractivity (Wildman–Crippen MR) is 114 cm³/mol. The molecule has 0 saturated carbocycles. The van der Waals surface area contributed by atoms with E-state index in [1.165, 1.54) is 12.1 Å². The summed E-state index contributed by atoms with van der Waals surface area (Å²) in [4.78, 5) is 38.5. The lowest BCUT2D eigenvalue weighted by atomic mass is 10.1. The molecule has 0 spiro atoms. The van der Waals surface area contributed by atoms with Crippen molar-refractivity contribution in [1.82, 2.24) is 10.6 Å². The molecule has 1 fully saturated rings. The van der Waals surface area contributed by atoms with E-state index in [0.717, 1.165) is 0 Å². The highest BCUT2D eigenvalue weighted by atomic mass is 19.1. The lowest BCUT2D eigenvalue weighted by molar-refractivity contribution is -0.126. The monoisotopic (exact) mass is 427 g/mol. The van der Waals surface area contributed by atoms with Crippen LogP contribution in [-0.4, -0.2) is 44.0 Å². The maximum Gasteiger partial charge on any atom is 0.227 e. The van der Waals surface area contributed by atoms with E-state index in [4.69, 9.17) is 4.74 Å². The van der Waals surface area contributed by atoms with E-state index in [-0.39, 0.29) is 56.0 Å². The van der Waals surface area contributed by atoms with Gasteiger partial charge in [0.1, 0.15) is 11.6 Å². The van der Waals surface area contributed by atoms with E-state index in [1.54, 1.807) is 29.2 Å². The summed E-state index contributed by atoms with van der Waals surface area (Å²) in [5.41, 5.74) is 1.24. The molecule has 1 unspecified atom stereocenters. The Hall–Kier alpha value is -3.42. The van der Waals surface area contributed by atoms with E-state index in [1.807, 2.05) is 19.1 Å². The Bertz CT molecular complexity index is 950. The average molecular weight is 427 g/mol. The second kappa shape index (κ2) is 10.6. The first-order chi connectivity index (χ1) is 15.0. The largest absolute Gasteiger partial charge is 0.492 e. The van der Waals surface area contributed by atoms with Crippen LogP contribution < -0.4 is 20.3 Å². The topological polar surface area (TPSA) is 87.7 Å². The first-order valence-electron chi connectivity index (χ1n) is 10.3. The number of halogens is 1. The zero-order valence-electron chi connectivity index (χ0n) is 17.4. The maximum atomic E-state index is 13.2. The molecule has 0 bridgehead atoms. The quantitative estimate of drug-likeness (QED) is 0.600. The standard InChI is InChI=1S/C23H26FN3O4/c1-2-31-20-9-4-3-8-19(20)27-15-17(14-22(27)29)23(30)26-11-10-25-21(28)13-16-6-5-7-18(24)12-16/h3-9,12,17H,2,10-11,13-15H2,1H3,(H,25,28)(H,26,30). The van der Waals surface area contributed by atoms with Crippen LogP contribution in [-0.2, 0) is 20.8 Å². The highest BCUT2D eigenvalue weighted by molar-refractivity contribution is 6.01. The van der Waals surface area contributed by atoms with Crippen LogP contribution in [0.3, 0.4) is 0 Å². The number of hydrogen-bond donors (Lipinski definition) is 2. The third kappa shape index (κ3) is 6.04. The number of nitrogens with one attached hydrogen (secondary N) is 2. The number of ether oxygens (including phenoxy) is 1. The molecule has 31 heavy (non-hydrogen) atoms. The van der Waals surface area contributed by atoms with Gasteiger partial charge >= 0.3 is 0 Å². The summed E-state index contributed by atoms with van der Waals surface area (Å²) in [6, 6.07) is 13.1. The predicted octanol–water partition coefficient (Wildman–Crippen LogP) is 2.05. The van der Waals surface area contributed by atoms with Crippen molar-refractivity contribution < 1.29 is 23.5 Å². The third-order valence-electron chi connectivity index (χ3n) is 4.95. The van der Waals surface area contributed by atoms with Gasteiger partial charge in [0, 0.05) is 26.1 Å². The highest BCUT2D eigenvalue weighted by Gasteiger charge is 2.36. The SMILES string of the molecule is CCOc1ccccc1N1CC(C(=O)NCCNC(=O)Cc2cccc(F)c2)CC1=O. The van der Waals surface area contributed by atoms with Crippen LogP contribution in [0, 0.1) is 11.7 Å². The number of para-hydroxylation sites is 2. The van der Waals surface area contributed by atoms with Crippen LogP contribution in [0.15, 0.2) is 48.5 Å². The molecule has 1 aliphatic heterocycles. The van der Waals surface area contributed by atoms with Crippen LogP contribution in [0.2, 0.25) is 0 Å². The normalized spacial score (nSPS) is 15.6. The minimum atomic E-state index is -0.467. The maximum absolute atomic E-state index is 13.2. The Morgan fingerprint density at radius 1 is 1.13 bits per heavy atom. The number of hydrogen-bond acceptors (Lipinski definition) is 4. The Morgan fingerprint density at radius 2 is 1.90 bits per heavy atom. The summed E-state index contributed by atoms with van der Waals surface area (Å²) in [6.07, 6.45) is 0.190. The van der Waals surface area contributed by atoms with Gasteiger partial charge in [0.05, 0.1) is 24.6 Å². The second-order valence-electron chi connectivity index (χ2n) is 7.25.